The summed E-state index contributed by atoms with van der Waals surface area (Å²) in [5.41, 5.74) is 2.54. The van der Waals surface area contributed by atoms with Crippen molar-refractivity contribution in [3.8, 4) is 28.3 Å². The Balaban J connectivity index is 1.79. The van der Waals surface area contributed by atoms with Gasteiger partial charge in [-0.2, -0.15) is 5.10 Å². The summed E-state index contributed by atoms with van der Waals surface area (Å²) >= 11 is 0. The minimum absolute atomic E-state index is 0.241. The predicted octanol–water partition coefficient (Wildman–Crippen LogP) is 4.04. The van der Waals surface area contributed by atoms with Crippen LogP contribution in [-0.2, 0) is 0 Å². The molecule has 0 saturated carbocycles. The molecule has 0 aliphatic carbocycles. The summed E-state index contributed by atoms with van der Waals surface area (Å²) in [4.78, 5) is 4.04. The van der Waals surface area contributed by atoms with Gasteiger partial charge in [-0.1, -0.05) is 36.4 Å². The highest BCUT2D eigenvalue weighted by molar-refractivity contribution is 5.68. The first-order valence-corrected chi connectivity index (χ1v) is 6.33. The van der Waals surface area contributed by atoms with E-state index in [2.05, 4.69) is 19.9 Å². The first-order chi connectivity index (χ1) is 10.5. The van der Waals surface area contributed by atoms with E-state index >= 15 is 0 Å². The fourth-order valence-electron chi connectivity index (χ4n) is 2.01. The monoisotopic (exact) mass is 305 g/mol. The molecule has 0 atom stereocenters. The number of nitrogens with one attached hydrogen (secondary N) is 1. The van der Waals surface area contributed by atoms with E-state index in [0.29, 0.717) is 5.82 Å². The van der Waals surface area contributed by atoms with Gasteiger partial charge in [0.25, 0.3) is 0 Å². The van der Waals surface area contributed by atoms with Crippen molar-refractivity contribution >= 4 is 0 Å². The number of aromatic nitrogens is 3. The third-order valence-corrected chi connectivity index (χ3v) is 2.99. The van der Waals surface area contributed by atoms with E-state index in [1.165, 1.54) is 18.5 Å². The zero-order valence-corrected chi connectivity index (χ0v) is 11.1. The molecule has 7 heteroatoms. The topological polar surface area (TPSA) is 50.8 Å². The van der Waals surface area contributed by atoms with Crippen molar-refractivity contribution in [1.82, 2.24) is 15.2 Å². The number of H-pyrrole nitrogens is 1. The molecule has 4 nitrogen and oxygen atoms in total. The lowest BCUT2D eigenvalue weighted by Crippen LogP contribution is -2.16. The molecular formula is C15H10F3N3O. The quantitative estimate of drug-likeness (QED) is 0.794. The molecule has 1 aromatic heterocycles. The zero-order chi connectivity index (χ0) is 15.6. The number of alkyl halides is 3. The average molecular weight is 305 g/mol. The van der Waals surface area contributed by atoms with Crippen LogP contribution < -0.4 is 4.74 Å². The van der Waals surface area contributed by atoms with E-state index < -0.39 is 6.36 Å². The van der Waals surface area contributed by atoms with Crippen LogP contribution in [0.1, 0.15) is 0 Å². The van der Waals surface area contributed by atoms with Gasteiger partial charge in [0.1, 0.15) is 12.1 Å². The minimum Gasteiger partial charge on any atom is -0.406 e. The smallest absolute Gasteiger partial charge is 0.406 e. The molecule has 0 aliphatic rings. The number of benzene rings is 2. The van der Waals surface area contributed by atoms with Crippen LogP contribution >= 0.6 is 0 Å². The highest BCUT2D eigenvalue weighted by Crippen LogP contribution is 2.27. The number of aromatic amines is 1. The first-order valence-electron chi connectivity index (χ1n) is 6.33. The molecule has 0 radical (unpaired) electrons. The van der Waals surface area contributed by atoms with Crippen molar-refractivity contribution in [2.45, 2.75) is 6.36 Å². The second kappa shape index (κ2) is 5.51. The van der Waals surface area contributed by atoms with Gasteiger partial charge in [0.2, 0.25) is 0 Å². The van der Waals surface area contributed by atoms with Crippen molar-refractivity contribution in [2.75, 3.05) is 0 Å². The van der Waals surface area contributed by atoms with Crippen LogP contribution in [0.2, 0.25) is 0 Å². The zero-order valence-electron chi connectivity index (χ0n) is 11.1. The summed E-state index contributed by atoms with van der Waals surface area (Å²) in [6.45, 7) is 0. The molecule has 0 spiro atoms. The summed E-state index contributed by atoms with van der Waals surface area (Å²) in [7, 11) is 0. The molecule has 0 aliphatic heterocycles. The molecule has 0 amide bonds. The Hall–Kier alpha value is -2.83. The largest absolute Gasteiger partial charge is 0.573 e. The van der Waals surface area contributed by atoms with Crippen LogP contribution in [-0.4, -0.2) is 21.5 Å². The van der Waals surface area contributed by atoms with Crippen molar-refractivity contribution < 1.29 is 17.9 Å². The van der Waals surface area contributed by atoms with Crippen molar-refractivity contribution in [2.24, 2.45) is 0 Å². The number of hydrogen-bond acceptors (Lipinski definition) is 3. The molecule has 0 bridgehead atoms. The van der Waals surface area contributed by atoms with Gasteiger partial charge < -0.3 is 4.74 Å². The molecule has 0 saturated heterocycles. The highest BCUT2D eigenvalue weighted by atomic mass is 19.4. The van der Waals surface area contributed by atoms with Crippen LogP contribution in [0.3, 0.4) is 0 Å². The van der Waals surface area contributed by atoms with Crippen molar-refractivity contribution in [1.29, 1.82) is 0 Å². The molecule has 3 rings (SSSR count). The molecule has 1 N–H and O–H groups in total. The third kappa shape index (κ3) is 3.25. The first kappa shape index (κ1) is 14.1. The molecular weight excluding hydrogens is 295 g/mol. The Kier molecular flexibility index (Phi) is 3.54. The van der Waals surface area contributed by atoms with Gasteiger partial charge in [-0.3, -0.25) is 5.10 Å². The number of halogens is 3. The summed E-state index contributed by atoms with van der Waals surface area (Å²) in [5.74, 6) is 0.412. The Labute approximate surface area is 123 Å². The van der Waals surface area contributed by atoms with Crippen molar-refractivity contribution in [3.05, 3.63) is 54.9 Å². The van der Waals surface area contributed by atoms with E-state index in [-0.39, 0.29) is 5.75 Å². The molecule has 3 aromatic rings. The van der Waals surface area contributed by atoms with Gasteiger partial charge in [-0.25, -0.2) is 4.98 Å². The molecule has 2 aromatic carbocycles. The highest BCUT2D eigenvalue weighted by Gasteiger charge is 2.30. The number of ether oxygens (including phenoxy) is 1. The summed E-state index contributed by atoms with van der Waals surface area (Å²) < 4.78 is 40.2. The number of hydrogen-bond donors (Lipinski definition) is 1. The maximum atomic E-state index is 12.1. The van der Waals surface area contributed by atoms with Crippen LogP contribution in [0.25, 0.3) is 22.5 Å². The van der Waals surface area contributed by atoms with E-state index in [1.807, 2.05) is 24.3 Å². The van der Waals surface area contributed by atoms with Crippen LogP contribution in [0.4, 0.5) is 13.2 Å². The van der Waals surface area contributed by atoms with Gasteiger partial charge in [-0.15, -0.1) is 13.2 Å². The Morgan fingerprint density at radius 2 is 1.36 bits per heavy atom. The lowest BCUT2D eigenvalue weighted by atomic mass is 10.0. The Bertz CT molecular complexity index is 735. The molecule has 112 valence electrons. The molecule has 1 heterocycles. The SMILES string of the molecule is FC(F)(F)Oc1ccc(-c2ccc(-c3ncn[nH]3)cc2)cc1. The molecule has 0 unspecified atom stereocenters. The van der Waals surface area contributed by atoms with E-state index in [0.717, 1.165) is 16.7 Å². The normalized spacial score (nSPS) is 11.4. The van der Waals surface area contributed by atoms with Crippen LogP contribution in [0.15, 0.2) is 54.9 Å². The molecule has 22 heavy (non-hydrogen) atoms. The standard InChI is InChI=1S/C15H10F3N3O/c16-15(17,18)22-13-7-5-11(6-8-13)10-1-3-12(4-2-10)14-19-9-20-21-14/h1-9H,(H,19,20,21). The van der Waals surface area contributed by atoms with E-state index in [4.69, 9.17) is 0 Å². The lowest BCUT2D eigenvalue weighted by Gasteiger charge is -2.09. The average Bonchev–Trinajstić information content (AvgIpc) is 3.01. The number of nitrogens with zero attached hydrogens (tertiary/aromatic N) is 2. The Morgan fingerprint density at radius 1 is 0.818 bits per heavy atom. The van der Waals surface area contributed by atoms with Gasteiger partial charge in [0.05, 0.1) is 0 Å². The summed E-state index contributed by atoms with van der Waals surface area (Å²) in [5, 5.41) is 6.53. The third-order valence-electron chi connectivity index (χ3n) is 2.99. The number of rotatable bonds is 3. The fraction of sp³-hybridized carbons (Fsp3) is 0.0667. The minimum atomic E-state index is -4.68. The maximum Gasteiger partial charge on any atom is 0.573 e. The van der Waals surface area contributed by atoms with Gasteiger partial charge in [0.15, 0.2) is 5.82 Å². The molecule has 0 fully saturated rings. The Morgan fingerprint density at radius 3 is 1.86 bits per heavy atom. The van der Waals surface area contributed by atoms with Gasteiger partial charge in [-0.05, 0) is 23.3 Å². The predicted molar refractivity (Wildman–Crippen MR) is 73.9 cm³/mol. The maximum absolute atomic E-state index is 12.1. The van der Waals surface area contributed by atoms with Gasteiger partial charge in [0, 0.05) is 5.56 Å². The van der Waals surface area contributed by atoms with E-state index in [1.54, 1.807) is 12.1 Å². The van der Waals surface area contributed by atoms with Crippen LogP contribution in [0, 0.1) is 0 Å². The van der Waals surface area contributed by atoms with Crippen molar-refractivity contribution in [3.63, 3.8) is 0 Å². The van der Waals surface area contributed by atoms with Gasteiger partial charge >= 0.3 is 6.36 Å². The second-order valence-corrected chi connectivity index (χ2v) is 4.48. The fourth-order valence-corrected chi connectivity index (χ4v) is 2.01. The van der Waals surface area contributed by atoms with E-state index in [9.17, 15) is 13.2 Å². The van der Waals surface area contributed by atoms with Crippen LogP contribution in [0.5, 0.6) is 5.75 Å². The summed E-state index contributed by atoms with van der Waals surface area (Å²) in [6.07, 6.45) is -3.26. The second-order valence-electron chi connectivity index (χ2n) is 4.48. The summed E-state index contributed by atoms with van der Waals surface area (Å²) in [6, 6.07) is 13.1. The lowest BCUT2D eigenvalue weighted by molar-refractivity contribution is -0.274.